The van der Waals surface area contributed by atoms with Crippen molar-refractivity contribution in [1.29, 1.82) is 0 Å². The van der Waals surface area contributed by atoms with Crippen LogP contribution in [0.4, 0.5) is 0 Å². The molecule has 2 N–H and O–H groups in total. The summed E-state index contributed by atoms with van der Waals surface area (Å²) in [7, 11) is 0. The molecule has 1 aromatic heterocycles. The molecule has 0 saturated carbocycles. The van der Waals surface area contributed by atoms with Crippen LogP contribution in [0.5, 0.6) is 0 Å². The minimum absolute atomic E-state index is 0.346. The van der Waals surface area contributed by atoms with E-state index in [1.807, 2.05) is 0 Å². The Balaban J connectivity index is 1.91. The lowest BCUT2D eigenvalue weighted by Gasteiger charge is -2.05. The van der Waals surface area contributed by atoms with E-state index >= 15 is 0 Å². The van der Waals surface area contributed by atoms with Gasteiger partial charge in [-0.15, -0.1) is 0 Å². The maximum absolute atomic E-state index is 11.6. The van der Waals surface area contributed by atoms with Gasteiger partial charge in [0.05, 0.1) is 11.8 Å². The Kier molecular flexibility index (Phi) is 3.20. The molecule has 0 radical (unpaired) electrons. The first-order valence-corrected chi connectivity index (χ1v) is 4.95. The largest absolute Gasteiger partial charge is 0.472 e. The fraction of sp³-hybridized carbons (Fsp3) is 0. The summed E-state index contributed by atoms with van der Waals surface area (Å²) >= 11 is 0. The van der Waals surface area contributed by atoms with Gasteiger partial charge in [-0.05, 0) is 18.2 Å². The summed E-state index contributed by atoms with van der Waals surface area (Å²) in [5, 5.41) is 0. The molecule has 2 aromatic rings. The lowest BCUT2D eigenvalue weighted by molar-refractivity contribution is 0.0846. The Morgan fingerprint density at radius 1 is 0.882 bits per heavy atom. The third-order valence-corrected chi connectivity index (χ3v) is 2.11. The first kappa shape index (κ1) is 10.9. The number of carbonyl (C=O) groups excluding carboxylic acids is 2. The minimum Gasteiger partial charge on any atom is -0.472 e. The van der Waals surface area contributed by atoms with Gasteiger partial charge < -0.3 is 4.42 Å². The molecule has 86 valence electrons. The van der Waals surface area contributed by atoms with E-state index in [1.165, 1.54) is 18.6 Å². The summed E-state index contributed by atoms with van der Waals surface area (Å²) in [6.07, 6.45) is 2.68. The van der Waals surface area contributed by atoms with Crippen molar-refractivity contribution in [2.45, 2.75) is 0 Å². The van der Waals surface area contributed by atoms with Crippen molar-refractivity contribution in [2.24, 2.45) is 0 Å². The third kappa shape index (κ3) is 2.72. The highest BCUT2D eigenvalue weighted by Gasteiger charge is 2.08. The molecule has 0 bridgehead atoms. The topological polar surface area (TPSA) is 71.3 Å². The van der Waals surface area contributed by atoms with Crippen molar-refractivity contribution < 1.29 is 14.0 Å². The maximum atomic E-state index is 11.6. The Hall–Kier alpha value is -2.56. The molecule has 2 amide bonds. The SMILES string of the molecule is O=C(NNC(=O)c1ccoc1)c1ccccc1. The zero-order valence-electron chi connectivity index (χ0n) is 8.84. The summed E-state index contributed by atoms with van der Waals surface area (Å²) in [6, 6.07) is 10.1. The van der Waals surface area contributed by atoms with Gasteiger partial charge in [-0.25, -0.2) is 0 Å². The zero-order valence-corrected chi connectivity index (χ0v) is 8.84. The average molecular weight is 230 g/mol. The van der Waals surface area contributed by atoms with Crippen molar-refractivity contribution in [2.75, 3.05) is 0 Å². The zero-order chi connectivity index (χ0) is 12.1. The van der Waals surface area contributed by atoms with Crippen molar-refractivity contribution in [1.82, 2.24) is 10.9 Å². The van der Waals surface area contributed by atoms with Crippen LogP contribution in [0.1, 0.15) is 20.7 Å². The molecule has 1 heterocycles. The van der Waals surface area contributed by atoms with E-state index in [2.05, 4.69) is 10.9 Å². The van der Waals surface area contributed by atoms with Gasteiger partial charge in [0.15, 0.2) is 0 Å². The van der Waals surface area contributed by atoms with Gasteiger partial charge in [-0.2, -0.15) is 0 Å². The molecule has 17 heavy (non-hydrogen) atoms. The number of hydrogen-bond donors (Lipinski definition) is 2. The number of amides is 2. The standard InChI is InChI=1S/C12H10N2O3/c15-11(9-4-2-1-3-5-9)13-14-12(16)10-6-7-17-8-10/h1-8H,(H,13,15)(H,14,16). The number of hydrogen-bond acceptors (Lipinski definition) is 3. The van der Waals surface area contributed by atoms with E-state index in [0.717, 1.165) is 0 Å². The molecule has 0 unspecified atom stereocenters. The Bertz CT molecular complexity index is 506. The fourth-order valence-corrected chi connectivity index (χ4v) is 1.24. The van der Waals surface area contributed by atoms with E-state index in [4.69, 9.17) is 4.42 Å². The van der Waals surface area contributed by atoms with Crippen molar-refractivity contribution in [3.8, 4) is 0 Å². The normalized spacial score (nSPS) is 9.65. The van der Waals surface area contributed by atoms with Crippen LogP contribution < -0.4 is 10.9 Å². The first-order valence-electron chi connectivity index (χ1n) is 4.95. The number of nitrogens with one attached hydrogen (secondary N) is 2. The number of benzene rings is 1. The molecule has 0 aliphatic rings. The molecule has 5 nitrogen and oxygen atoms in total. The second-order valence-electron chi connectivity index (χ2n) is 3.29. The van der Waals surface area contributed by atoms with Crippen LogP contribution in [0.15, 0.2) is 53.3 Å². The van der Waals surface area contributed by atoms with Gasteiger partial charge in [-0.3, -0.25) is 20.4 Å². The molecule has 0 atom stereocenters. The number of hydrazine groups is 1. The van der Waals surface area contributed by atoms with Crippen LogP contribution in [0.2, 0.25) is 0 Å². The molecule has 0 spiro atoms. The van der Waals surface area contributed by atoms with Crippen LogP contribution in [0.25, 0.3) is 0 Å². The van der Waals surface area contributed by atoms with Crippen molar-refractivity contribution in [3.63, 3.8) is 0 Å². The summed E-state index contributed by atoms with van der Waals surface area (Å²) < 4.78 is 4.75. The highest BCUT2D eigenvalue weighted by molar-refractivity contribution is 5.98. The van der Waals surface area contributed by atoms with Crippen molar-refractivity contribution >= 4 is 11.8 Å². The summed E-state index contributed by atoms with van der Waals surface area (Å²) in [4.78, 5) is 23.0. The Morgan fingerprint density at radius 3 is 2.12 bits per heavy atom. The van der Waals surface area contributed by atoms with Gasteiger partial charge in [0.25, 0.3) is 11.8 Å². The molecule has 0 fully saturated rings. The van der Waals surface area contributed by atoms with Gasteiger partial charge >= 0.3 is 0 Å². The van der Waals surface area contributed by atoms with Gasteiger partial charge in [0.1, 0.15) is 6.26 Å². The molecule has 0 aliphatic carbocycles. The van der Waals surface area contributed by atoms with E-state index in [1.54, 1.807) is 30.3 Å². The highest BCUT2D eigenvalue weighted by atomic mass is 16.3. The predicted molar refractivity (Wildman–Crippen MR) is 60.1 cm³/mol. The monoisotopic (exact) mass is 230 g/mol. The van der Waals surface area contributed by atoms with E-state index < -0.39 is 5.91 Å². The molecule has 0 aliphatic heterocycles. The third-order valence-electron chi connectivity index (χ3n) is 2.11. The lowest BCUT2D eigenvalue weighted by Crippen LogP contribution is -2.41. The maximum Gasteiger partial charge on any atom is 0.272 e. The summed E-state index contributed by atoms with van der Waals surface area (Å²) in [6.45, 7) is 0. The predicted octanol–water partition coefficient (Wildman–Crippen LogP) is 1.35. The summed E-state index contributed by atoms with van der Waals surface area (Å²) in [5.41, 5.74) is 5.41. The first-order chi connectivity index (χ1) is 8.27. The molecular formula is C12H10N2O3. The quantitative estimate of drug-likeness (QED) is 0.765. The molecule has 5 heteroatoms. The van der Waals surface area contributed by atoms with Crippen LogP contribution >= 0.6 is 0 Å². The molecule has 2 rings (SSSR count). The van der Waals surface area contributed by atoms with Gasteiger partial charge in [0, 0.05) is 5.56 Å². The number of rotatable bonds is 2. The van der Waals surface area contributed by atoms with Crippen LogP contribution in [-0.4, -0.2) is 11.8 Å². The lowest BCUT2D eigenvalue weighted by atomic mass is 10.2. The number of furan rings is 1. The van der Waals surface area contributed by atoms with Crippen molar-refractivity contribution in [3.05, 3.63) is 60.1 Å². The number of carbonyl (C=O) groups is 2. The smallest absolute Gasteiger partial charge is 0.272 e. The molecular weight excluding hydrogens is 220 g/mol. The van der Waals surface area contributed by atoms with Gasteiger partial charge in [0.2, 0.25) is 0 Å². The van der Waals surface area contributed by atoms with Gasteiger partial charge in [-0.1, -0.05) is 18.2 Å². The second-order valence-corrected chi connectivity index (χ2v) is 3.29. The Morgan fingerprint density at radius 2 is 1.53 bits per heavy atom. The summed E-state index contributed by atoms with van der Waals surface area (Å²) in [5.74, 6) is -0.800. The second kappa shape index (κ2) is 4.98. The van der Waals surface area contributed by atoms with E-state index in [0.29, 0.717) is 11.1 Å². The minimum atomic E-state index is -0.428. The molecule has 1 aromatic carbocycles. The van der Waals surface area contributed by atoms with Crippen LogP contribution in [-0.2, 0) is 0 Å². The van der Waals surface area contributed by atoms with Crippen LogP contribution in [0.3, 0.4) is 0 Å². The highest BCUT2D eigenvalue weighted by Crippen LogP contribution is 1.99. The molecule has 0 saturated heterocycles. The average Bonchev–Trinajstić information content (AvgIpc) is 2.90. The van der Waals surface area contributed by atoms with Crippen LogP contribution in [0, 0.1) is 0 Å². The van der Waals surface area contributed by atoms with E-state index in [9.17, 15) is 9.59 Å². The van der Waals surface area contributed by atoms with E-state index in [-0.39, 0.29) is 5.91 Å². The fourth-order valence-electron chi connectivity index (χ4n) is 1.24. The Labute approximate surface area is 97.4 Å².